The molecule has 1 aromatic rings. The minimum atomic E-state index is -3.08. The molecule has 0 aromatic carbocycles. The Hall–Kier alpha value is -4.86. The van der Waals surface area contributed by atoms with Crippen LogP contribution in [-0.4, -0.2) is 129 Å². The molecule has 7 amide bonds. The van der Waals surface area contributed by atoms with E-state index in [-0.39, 0.29) is 97.2 Å². The topological polar surface area (TPSA) is 289 Å². The minimum absolute atomic E-state index is 0.00549. The summed E-state index contributed by atoms with van der Waals surface area (Å²) in [6, 6.07) is 0. The Kier molecular flexibility index (Phi) is 67.9. The average molecular weight is 1800 g/mol. The number of nitrogens with zero attached hydrogens (tertiary/aromatic N) is 3. The largest absolute Gasteiger partial charge is 0.448 e. The van der Waals surface area contributed by atoms with Crippen molar-refractivity contribution in [2.24, 2.45) is 71.0 Å². The number of aromatic nitrogens is 2. The summed E-state index contributed by atoms with van der Waals surface area (Å²) in [5.74, 6) is 9.47. The molecule has 125 heavy (non-hydrogen) atoms. The number of carbonyl (C=O) groups excluding carboxylic acids is 7. The SMILES string of the molecule is CC(=O)NC(C)(C)CCC(C)C.CC(C)CCC(C)(C)N1CCOC1=O.CC(C)CCC(C)(C)NC(=O)C(C)C.CC(C)CCC(C)(C)NC(=O)C1CCCC1.CC(C)CCC(C)(C)NC(=O)CC(C)C.CC(C)CCC(C)(C)NS(C)(=O)=O.CCC(=O)NC(C)(C)CCC(C)C.CCCC(=O)NC(C)(C)CCC(C)C.Cc1nnc(C(C)(C)CCC(C)C)o1. The van der Waals surface area contributed by atoms with Crippen LogP contribution < -0.4 is 36.6 Å². The van der Waals surface area contributed by atoms with Gasteiger partial charge in [-0.05, 0) is 305 Å². The zero-order chi connectivity index (χ0) is 99.3. The van der Waals surface area contributed by atoms with Gasteiger partial charge in [0.25, 0.3) is 0 Å². The number of rotatable bonds is 44. The second kappa shape index (κ2) is 64.8. The van der Waals surface area contributed by atoms with Crippen molar-refractivity contribution in [2.75, 3.05) is 19.4 Å². The second-order valence-corrected chi connectivity index (χ2v) is 48.4. The highest BCUT2D eigenvalue weighted by Crippen LogP contribution is 2.31. The first-order valence-electron chi connectivity index (χ1n) is 49.0. The van der Waals surface area contributed by atoms with Crippen molar-refractivity contribution < 1.29 is 51.1 Å². The van der Waals surface area contributed by atoms with Crippen LogP contribution in [0.5, 0.6) is 0 Å². The Bertz CT molecular complexity index is 3130. The lowest BCUT2D eigenvalue weighted by atomic mass is 9.85. The quantitative estimate of drug-likeness (QED) is 0.0320. The van der Waals surface area contributed by atoms with E-state index in [0.717, 1.165) is 134 Å². The lowest BCUT2D eigenvalue weighted by molar-refractivity contribution is -0.127. The molecule has 21 nitrogen and oxygen atoms in total. The molecule has 0 spiro atoms. The standard InChI is InChI=1S/C14H27NO.C13H27NO.2C12H25NO.C11H20N2O.C11H21NO2.C11H23NO.C10H21NO.C9H21NO2S/c1-11(2)9-10-14(3,4)15-13(16)12-7-5-6-8-12;1-10(2)7-8-13(5,6)14-12(15)9-11(3)4;1-9(2)7-8-12(5,6)13-11(14)10(3)4;1-6-7-11(14)13-12(4,5)9-8-10(2)3;1-8(2)6-7-11(4,5)10-13-12-9(3)14-10;1-9(2)5-6-11(3,4)12-7-8-14-10(12)13;1-6-10(13)12-11(4,5)8-7-9(2)3;1-8(2)6-7-10(4,5)11-9(3)12;1-8(2)6-7-9(3,4)10-13(5,11)12/h11-12H,5-10H2,1-4H3,(H,15,16);10-11H,7-9H2,1-6H3,(H,14,15);9-10H,7-8H2,1-6H3,(H,13,14);10H,6-9H2,1-5H3,(H,13,14);8H,6-7H2,1-5H3;9H,5-8H2,1-4H3;9H,6-8H2,1-5H3,(H,12,13);8H,6-7H2,1-5H3,(H,11,12);8,10H,6-7H2,1-5H3. The molecule has 0 atom stereocenters. The summed E-state index contributed by atoms with van der Waals surface area (Å²) in [6.45, 7) is 93.8. The van der Waals surface area contributed by atoms with Gasteiger partial charge < -0.3 is 41.1 Å². The third kappa shape index (κ3) is 83.2. The monoisotopic (exact) mass is 1800 g/mol. The van der Waals surface area contributed by atoms with E-state index < -0.39 is 10.0 Å². The first kappa shape index (κ1) is 131. The smallest absolute Gasteiger partial charge is 0.410 e. The van der Waals surface area contributed by atoms with Gasteiger partial charge in [0.15, 0.2) is 0 Å². The first-order chi connectivity index (χ1) is 56.4. The van der Waals surface area contributed by atoms with Crippen molar-refractivity contribution in [3.8, 4) is 0 Å². The van der Waals surface area contributed by atoms with Gasteiger partial charge in [-0.3, -0.25) is 33.7 Å². The molecule has 0 unspecified atom stereocenters. The Morgan fingerprint density at radius 2 is 0.744 bits per heavy atom. The van der Waals surface area contributed by atoms with Gasteiger partial charge in [-0.25, -0.2) is 17.9 Å². The van der Waals surface area contributed by atoms with E-state index in [1.165, 1.54) is 38.4 Å². The van der Waals surface area contributed by atoms with Crippen LogP contribution in [0.15, 0.2) is 4.42 Å². The Balaban J connectivity index is -0.000000319. The summed E-state index contributed by atoms with van der Waals surface area (Å²) in [7, 11) is -3.08. The highest BCUT2D eigenvalue weighted by molar-refractivity contribution is 7.88. The van der Waals surface area contributed by atoms with E-state index in [2.05, 4.69) is 296 Å². The maximum atomic E-state index is 12.0. The van der Waals surface area contributed by atoms with E-state index in [1.54, 1.807) is 6.92 Å². The number of amides is 7. The number of hydrogen-bond acceptors (Lipinski definition) is 13. The minimum Gasteiger partial charge on any atom is -0.448 e. The van der Waals surface area contributed by atoms with E-state index >= 15 is 0 Å². The molecule has 0 radical (unpaired) electrons. The molecule has 0 bridgehead atoms. The van der Waals surface area contributed by atoms with E-state index in [0.29, 0.717) is 90.9 Å². The van der Waals surface area contributed by atoms with Gasteiger partial charge in [-0.1, -0.05) is 193 Å². The van der Waals surface area contributed by atoms with Crippen LogP contribution in [0.3, 0.4) is 0 Å². The molecule has 1 aromatic heterocycles. The fourth-order valence-electron chi connectivity index (χ4n) is 13.0. The van der Waals surface area contributed by atoms with Crippen LogP contribution in [0.1, 0.15) is 476 Å². The van der Waals surface area contributed by atoms with Gasteiger partial charge in [0.1, 0.15) is 6.61 Å². The zero-order valence-electron chi connectivity index (χ0n) is 90.5. The number of hydrogen-bond donors (Lipinski definition) is 7. The van der Waals surface area contributed by atoms with Crippen molar-refractivity contribution >= 4 is 51.6 Å². The third-order valence-corrected chi connectivity index (χ3v) is 22.6. The van der Waals surface area contributed by atoms with E-state index in [1.807, 2.05) is 53.4 Å². The molecule has 7 N–H and O–H groups in total. The summed E-state index contributed by atoms with van der Waals surface area (Å²) in [4.78, 5) is 81.6. The maximum absolute atomic E-state index is 12.0. The molecule has 1 aliphatic heterocycles. The predicted octanol–water partition coefficient (Wildman–Crippen LogP) is 25.5. The number of ether oxygens (including phenoxy) is 1. The molecular weight excluding hydrogens is 1590 g/mol. The summed E-state index contributed by atoms with van der Waals surface area (Å²) >= 11 is 0. The molecule has 1 saturated carbocycles. The van der Waals surface area contributed by atoms with Crippen LogP contribution in [0.2, 0.25) is 0 Å². The molecule has 2 fully saturated rings. The Morgan fingerprint density at radius 3 is 1.04 bits per heavy atom. The number of nitrogens with one attached hydrogen (secondary N) is 7. The van der Waals surface area contributed by atoms with Gasteiger partial charge >= 0.3 is 6.09 Å². The summed E-state index contributed by atoms with van der Waals surface area (Å²) in [5, 5.41) is 26.4. The molecule has 22 heteroatoms. The number of aryl methyl sites for hydroxylation is 1. The van der Waals surface area contributed by atoms with Gasteiger partial charge in [-0.2, -0.15) is 0 Å². The van der Waals surface area contributed by atoms with Crippen molar-refractivity contribution in [1.29, 1.82) is 0 Å². The fourth-order valence-corrected chi connectivity index (χ4v) is 14.1. The van der Waals surface area contributed by atoms with Crippen molar-refractivity contribution in [3.63, 3.8) is 0 Å². The second-order valence-electron chi connectivity index (χ2n) is 46.7. The van der Waals surface area contributed by atoms with Gasteiger partial charge in [0, 0.05) is 94.7 Å². The molecule has 1 saturated heterocycles. The summed E-state index contributed by atoms with van der Waals surface area (Å²) in [6.07, 6.45) is 28.1. The molecule has 2 heterocycles. The maximum Gasteiger partial charge on any atom is 0.410 e. The third-order valence-electron chi connectivity index (χ3n) is 21.7. The van der Waals surface area contributed by atoms with Gasteiger partial charge in [0.2, 0.25) is 57.2 Å². The molecular formula is C103H210N10O11S. The van der Waals surface area contributed by atoms with Crippen molar-refractivity contribution in [2.45, 2.75) is 521 Å². The fraction of sp³-hybridized carbons (Fsp3) is 0.913. The molecule has 1 aliphatic carbocycles. The first-order valence-corrected chi connectivity index (χ1v) is 50.9. The highest BCUT2D eigenvalue weighted by Gasteiger charge is 2.36. The van der Waals surface area contributed by atoms with Gasteiger partial charge in [0.05, 0.1) is 12.8 Å². The summed E-state index contributed by atoms with van der Waals surface area (Å²) in [5.41, 5.74) is -0.670. The lowest BCUT2D eigenvalue weighted by Gasteiger charge is -2.34. The van der Waals surface area contributed by atoms with Crippen LogP contribution in [0.25, 0.3) is 0 Å². The highest BCUT2D eigenvalue weighted by atomic mass is 32.2. The molecule has 2 aliphatic rings. The lowest BCUT2D eigenvalue weighted by Crippen LogP contribution is -2.45. The summed E-state index contributed by atoms with van der Waals surface area (Å²) < 4.78 is 35.0. The van der Waals surface area contributed by atoms with Crippen molar-refractivity contribution in [1.82, 2.24) is 51.7 Å². The van der Waals surface area contributed by atoms with E-state index in [9.17, 15) is 42.0 Å². The molecule has 744 valence electrons. The molecule has 3 rings (SSSR count). The Morgan fingerprint density at radius 1 is 0.424 bits per heavy atom. The van der Waals surface area contributed by atoms with E-state index in [4.69, 9.17) is 9.15 Å². The van der Waals surface area contributed by atoms with Crippen LogP contribution in [0, 0.1) is 77.9 Å². The zero-order valence-corrected chi connectivity index (χ0v) is 91.3. The van der Waals surface area contributed by atoms with Gasteiger partial charge in [-0.15, -0.1) is 10.2 Å². The van der Waals surface area contributed by atoms with Crippen LogP contribution in [0.4, 0.5) is 4.79 Å². The average Bonchev–Trinajstić information content (AvgIpc) is 1.71. The van der Waals surface area contributed by atoms with Crippen LogP contribution in [-0.2, 0) is 48.9 Å². The number of carbonyl (C=O) groups is 7. The normalized spacial score (nSPS) is 13.7. The van der Waals surface area contributed by atoms with Crippen LogP contribution >= 0.6 is 0 Å². The van der Waals surface area contributed by atoms with Crippen molar-refractivity contribution in [3.05, 3.63) is 11.8 Å². The Labute approximate surface area is 773 Å². The number of cyclic esters (lactones) is 1. The predicted molar refractivity (Wildman–Crippen MR) is 533 cm³/mol. The number of sulfonamides is 1.